The molecular weight excluding hydrogens is 272 g/mol. The van der Waals surface area contributed by atoms with Crippen molar-refractivity contribution in [2.75, 3.05) is 5.73 Å². The minimum absolute atomic E-state index is 0.435. The van der Waals surface area contributed by atoms with Crippen molar-refractivity contribution in [3.63, 3.8) is 0 Å². The van der Waals surface area contributed by atoms with Crippen LogP contribution in [0.2, 0.25) is 5.02 Å². The predicted octanol–water partition coefficient (Wildman–Crippen LogP) is 3.19. The molecule has 0 fully saturated rings. The van der Waals surface area contributed by atoms with Gasteiger partial charge < -0.3 is 10.3 Å². The van der Waals surface area contributed by atoms with Crippen molar-refractivity contribution in [2.45, 2.75) is 6.54 Å². The molecule has 5 heteroatoms. The van der Waals surface area contributed by atoms with E-state index in [1.54, 1.807) is 12.1 Å². The molecular formula is C15H11ClN4. The van der Waals surface area contributed by atoms with Crippen LogP contribution in [-0.4, -0.2) is 9.55 Å². The fourth-order valence-electron chi connectivity index (χ4n) is 2.21. The first-order valence-corrected chi connectivity index (χ1v) is 6.45. The molecule has 0 saturated heterocycles. The topological polar surface area (TPSA) is 67.6 Å². The third-order valence-corrected chi connectivity index (χ3v) is 3.37. The summed E-state index contributed by atoms with van der Waals surface area (Å²) in [6.07, 6.45) is 0. The van der Waals surface area contributed by atoms with Gasteiger partial charge in [-0.25, -0.2) is 4.98 Å². The third-order valence-electron chi connectivity index (χ3n) is 3.14. The Kier molecular flexibility index (Phi) is 3.05. The monoisotopic (exact) mass is 282 g/mol. The Morgan fingerprint density at radius 2 is 2.10 bits per heavy atom. The molecule has 2 N–H and O–H groups in total. The lowest BCUT2D eigenvalue weighted by Crippen LogP contribution is -2.04. The van der Waals surface area contributed by atoms with Gasteiger partial charge in [-0.3, -0.25) is 0 Å². The van der Waals surface area contributed by atoms with Crippen molar-refractivity contribution < 1.29 is 0 Å². The summed E-state index contributed by atoms with van der Waals surface area (Å²) in [7, 11) is 0. The van der Waals surface area contributed by atoms with E-state index in [0.717, 1.165) is 16.6 Å². The molecule has 0 spiro atoms. The van der Waals surface area contributed by atoms with Gasteiger partial charge in [-0.15, -0.1) is 0 Å². The number of benzene rings is 2. The number of anilines is 1. The van der Waals surface area contributed by atoms with Crippen LogP contribution in [0.4, 0.5) is 5.95 Å². The average molecular weight is 283 g/mol. The Morgan fingerprint density at radius 1 is 1.25 bits per heavy atom. The van der Waals surface area contributed by atoms with Crippen LogP contribution in [0.5, 0.6) is 0 Å². The number of imidazole rings is 1. The van der Waals surface area contributed by atoms with Crippen molar-refractivity contribution in [1.29, 1.82) is 5.26 Å². The first kappa shape index (κ1) is 12.5. The van der Waals surface area contributed by atoms with Crippen LogP contribution in [0.25, 0.3) is 11.0 Å². The molecule has 0 amide bonds. The molecule has 0 aliphatic heterocycles. The van der Waals surface area contributed by atoms with E-state index in [2.05, 4.69) is 11.1 Å². The first-order chi connectivity index (χ1) is 9.67. The van der Waals surface area contributed by atoms with E-state index >= 15 is 0 Å². The lowest BCUT2D eigenvalue weighted by molar-refractivity contribution is 0.838. The zero-order chi connectivity index (χ0) is 14.1. The second-order valence-electron chi connectivity index (χ2n) is 4.50. The van der Waals surface area contributed by atoms with E-state index in [-0.39, 0.29) is 0 Å². The number of hydrogen-bond donors (Lipinski definition) is 1. The predicted molar refractivity (Wildman–Crippen MR) is 79.4 cm³/mol. The summed E-state index contributed by atoms with van der Waals surface area (Å²) in [5.74, 6) is 0.435. The van der Waals surface area contributed by atoms with Crippen LogP contribution in [-0.2, 0) is 6.54 Å². The normalized spacial score (nSPS) is 10.6. The number of rotatable bonds is 2. The maximum Gasteiger partial charge on any atom is 0.201 e. The van der Waals surface area contributed by atoms with Gasteiger partial charge in [0, 0.05) is 5.02 Å². The number of fused-ring (bicyclic) bond motifs is 1. The first-order valence-electron chi connectivity index (χ1n) is 6.07. The average Bonchev–Trinajstić information content (AvgIpc) is 2.74. The SMILES string of the molecule is N#Cc1cccc(Cn2c(N)nc3cc(Cl)ccc32)c1. The maximum atomic E-state index is 8.94. The van der Waals surface area contributed by atoms with Crippen molar-refractivity contribution in [1.82, 2.24) is 9.55 Å². The second kappa shape index (κ2) is 4.87. The highest BCUT2D eigenvalue weighted by molar-refractivity contribution is 6.31. The molecule has 0 unspecified atom stereocenters. The summed E-state index contributed by atoms with van der Waals surface area (Å²) in [5.41, 5.74) is 9.30. The van der Waals surface area contributed by atoms with Crippen LogP contribution < -0.4 is 5.73 Å². The molecule has 1 heterocycles. The maximum absolute atomic E-state index is 8.94. The lowest BCUT2D eigenvalue weighted by atomic mass is 10.1. The number of nitrogen functional groups attached to an aromatic ring is 1. The van der Waals surface area contributed by atoms with E-state index in [9.17, 15) is 0 Å². The van der Waals surface area contributed by atoms with Crippen molar-refractivity contribution in [3.05, 3.63) is 58.6 Å². The number of nitrogens with zero attached hydrogens (tertiary/aromatic N) is 3. The molecule has 0 bridgehead atoms. The zero-order valence-electron chi connectivity index (χ0n) is 10.5. The number of halogens is 1. The van der Waals surface area contributed by atoms with E-state index in [1.807, 2.05) is 34.9 Å². The van der Waals surface area contributed by atoms with Gasteiger partial charge in [0.1, 0.15) is 0 Å². The molecule has 0 aliphatic rings. The highest BCUT2D eigenvalue weighted by Crippen LogP contribution is 2.22. The lowest BCUT2D eigenvalue weighted by Gasteiger charge is -2.07. The standard InChI is InChI=1S/C15H11ClN4/c16-12-4-5-14-13(7-12)19-15(18)20(14)9-11-3-1-2-10(6-11)8-17/h1-7H,9H2,(H2,18,19). The highest BCUT2D eigenvalue weighted by Gasteiger charge is 2.09. The van der Waals surface area contributed by atoms with Gasteiger partial charge >= 0.3 is 0 Å². The third kappa shape index (κ3) is 2.20. The number of aromatic nitrogens is 2. The van der Waals surface area contributed by atoms with Gasteiger partial charge in [0.2, 0.25) is 5.95 Å². The summed E-state index contributed by atoms with van der Waals surface area (Å²) in [4.78, 5) is 4.30. The van der Waals surface area contributed by atoms with E-state index < -0.39 is 0 Å². The van der Waals surface area contributed by atoms with Crippen molar-refractivity contribution in [2.24, 2.45) is 0 Å². The molecule has 0 atom stereocenters. The second-order valence-corrected chi connectivity index (χ2v) is 4.94. The molecule has 20 heavy (non-hydrogen) atoms. The van der Waals surface area contributed by atoms with Gasteiger partial charge in [0.25, 0.3) is 0 Å². The molecule has 3 aromatic rings. The fourth-order valence-corrected chi connectivity index (χ4v) is 2.38. The molecule has 0 radical (unpaired) electrons. The number of hydrogen-bond acceptors (Lipinski definition) is 3. The van der Waals surface area contributed by atoms with Gasteiger partial charge in [-0.1, -0.05) is 23.7 Å². The minimum Gasteiger partial charge on any atom is -0.369 e. The van der Waals surface area contributed by atoms with E-state index in [1.165, 1.54) is 0 Å². The van der Waals surface area contributed by atoms with Gasteiger partial charge in [0.15, 0.2) is 0 Å². The summed E-state index contributed by atoms with van der Waals surface area (Å²) in [6, 6.07) is 15.1. The Balaban J connectivity index is 2.06. The molecule has 0 aliphatic carbocycles. The molecule has 4 nitrogen and oxygen atoms in total. The van der Waals surface area contributed by atoms with Crippen LogP contribution in [0.3, 0.4) is 0 Å². The Morgan fingerprint density at radius 3 is 2.90 bits per heavy atom. The van der Waals surface area contributed by atoms with Crippen LogP contribution >= 0.6 is 11.6 Å². The van der Waals surface area contributed by atoms with Crippen molar-refractivity contribution >= 4 is 28.6 Å². The van der Waals surface area contributed by atoms with E-state index in [4.69, 9.17) is 22.6 Å². The van der Waals surface area contributed by atoms with Crippen molar-refractivity contribution in [3.8, 4) is 6.07 Å². The molecule has 98 valence electrons. The minimum atomic E-state index is 0.435. The largest absolute Gasteiger partial charge is 0.369 e. The van der Waals surface area contributed by atoms with E-state index in [0.29, 0.717) is 23.1 Å². The fraction of sp³-hybridized carbons (Fsp3) is 0.0667. The Labute approximate surface area is 121 Å². The summed E-state index contributed by atoms with van der Waals surface area (Å²) in [6.45, 7) is 0.569. The summed E-state index contributed by atoms with van der Waals surface area (Å²) in [5, 5.41) is 9.57. The quantitative estimate of drug-likeness (QED) is 0.785. The van der Waals surface area contributed by atoms with Crippen LogP contribution in [0.15, 0.2) is 42.5 Å². The zero-order valence-corrected chi connectivity index (χ0v) is 11.3. The van der Waals surface area contributed by atoms with Gasteiger partial charge in [-0.05, 0) is 35.9 Å². The summed E-state index contributed by atoms with van der Waals surface area (Å²) >= 11 is 5.95. The highest BCUT2D eigenvalue weighted by atomic mass is 35.5. The van der Waals surface area contributed by atoms with Gasteiger partial charge in [0.05, 0.1) is 29.2 Å². The van der Waals surface area contributed by atoms with Crippen LogP contribution in [0.1, 0.15) is 11.1 Å². The molecule has 2 aromatic carbocycles. The van der Waals surface area contributed by atoms with Gasteiger partial charge in [-0.2, -0.15) is 5.26 Å². The Bertz CT molecular complexity index is 829. The number of nitrogens with two attached hydrogens (primary N) is 1. The Hall–Kier alpha value is -2.51. The van der Waals surface area contributed by atoms with Crippen LogP contribution in [0, 0.1) is 11.3 Å². The molecule has 0 saturated carbocycles. The molecule has 1 aromatic heterocycles. The number of nitriles is 1. The summed E-state index contributed by atoms with van der Waals surface area (Å²) < 4.78 is 1.90. The molecule has 3 rings (SSSR count). The smallest absolute Gasteiger partial charge is 0.201 e.